The molecule has 0 aromatic heterocycles. The third-order valence-corrected chi connectivity index (χ3v) is 0. The molecule has 0 heterocycles. The molecule has 0 rings (SSSR count). The van der Waals surface area contributed by atoms with Crippen molar-refractivity contribution in [1.82, 2.24) is 0 Å². The molecule has 7 heteroatoms. The predicted octanol–water partition coefficient (Wildman–Crippen LogP) is -5.99. The SMILES string of the molecule is O[Si](O)(O)O.[Al+3].[Na+]. The van der Waals surface area contributed by atoms with Crippen LogP contribution in [0.1, 0.15) is 0 Å². The van der Waals surface area contributed by atoms with Gasteiger partial charge in [0.05, 0.1) is 0 Å². The van der Waals surface area contributed by atoms with Crippen LogP contribution in [0.25, 0.3) is 0 Å². The van der Waals surface area contributed by atoms with Gasteiger partial charge in [0, 0.05) is 0 Å². The third kappa shape index (κ3) is 93.9. The van der Waals surface area contributed by atoms with Gasteiger partial charge in [-0.05, 0) is 0 Å². The fourth-order valence-electron chi connectivity index (χ4n) is 0. The fraction of sp³-hybridized carbons (Fsp3) is 0. The molecule has 0 saturated carbocycles. The van der Waals surface area contributed by atoms with Crippen LogP contribution in [0, 0.1) is 0 Å². The summed E-state index contributed by atoms with van der Waals surface area (Å²) in [6.45, 7) is 0. The molecule has 0 radical (unpaired) electrons. The Morgan fingerprint density at radius 1 is 0.857 bits per heavy atom. The van der Waals surface area contributed by atoms with Crippen molar-refractivity contribution in [2.45, 2.75) is 0 Å². The number of rotatable bonds is 0. The second-order valence-corrected chi connectivity index (χ2v) is 1.80. The number of hydrogen-bond donors (Lipinski definition) is 4. The van der Waals surface area contributed by atoms with Crippen LogP contribution in [-0.4, -0.2) is 45.6 Å². The molecule has 0 aliphatic heterocycles. The van der Waals surface area contributed by atoms with Crippen molar-refractivity contribution in [3.8, 4) is 0 Å². The van der Waals surface area contributed by atoms with Crippen molar-refractivity contribution in [2.24, 2.45) is 0 Å². The predicted molar refractivity (Wildman–Crippen MR) is 20.4 cm³/mol. The first kappa shape index (κ1) is 15.8. The van der Waals surface area contributed by atoms with Gasteiger partial charge in [-0.25, -0.2) is 0 Å². The Morgan fingerprint density at radius 3 is 0.857 bits per heavy atom. The van der Waals surface area contributed by atoms with E-state index >= 15 is 0 Å². The molecule has 7 heavy (non-hydrogen) atoms. The molecular formula is H4AlNaO4Si+4. The molecular weight excluding hydrogens is 142 g/mol. The molecule has 4 nitrogen and oxygen atoms in total. The maximum absolute atomic E-state index is 7.33. The summed E-state index contributed by atoms with van der Waals surface area (Å²) in [5, 5.41) is 0. The Kier molecular flexibility index (Phi) is 12.9. The first-order valence-corrected chi connectivity index (χ1v) is 2.68. The van der Waals surface area contributed by atoms with E-state index in [4.69, 9.17) is 19.2 Å². The van der Waals surface area contributed by atoms with E-state index in [9.17, 15) is 0 Å². The van der Waals surface area contributed by atoms with Gasteiger partial charge in [-0.3, -0.25) is 0 Å². The van der Waals surface area contributed by atoms with Gasteiger partial charge >= 0.3 is 56.0 Å². The van der Waals surface area contributed by atoms with Gasteiger partial charge in [0.25, 0.3) is 0 Å². The van der Waals surface area contributed by atoms with Crippen LogP contribution in [0.5, 0.6) is 0 Å². The summed E-state index contributed by atoms with van der Waals surface area (Å²) in [5.41, 5.74) is 0. The molecule has 0 aliphatic rings. The fourth-order valence-corrected chi connectivity index (χ4v) is 0. The van der Waals surface area contributed by atoms with Gasteiger partial charge in [-0.2, -0.15) is 0 Å². The van der Waals surface area contributed by atoms with Crippen LogP contribution in [0.15, 0.2) is 0 Å². The van der Waals surface area contributed by atoms with Crippen molar-refractivity contribution in [2.75, 3.05) is 0 Å². The van der Waals surface area contributed by atoms with E-state index in [0.717, 1.165) is 0 Å². The standard InChI is InChI=1S/Al.Na.H4O4Si/c;;1-5(2,3)4/h;;1-4H/q+3;+1;. The molecule has 0 amide bonds. The van der Waals surface area contributed by atoms with Crippen LogP contribution >= 0.6 is 0 Å². The normalized spacial score (nSPS) is 8.57. The van der Waals surface area contributed by atoms with Crippen LogP contribution in [0.2, 0.25) is 0 Å². The van der Waals surface area contributed by atoms with Crippen LogP contribution in [0.4, 0.5) is 0 Å². The Balaban J connectivity index is -0.0000000800. The Labute approximate surface area is 74.7 Å². The molecule has 0 aromatic carbocycles. The Hall–Kier alpha value is 1.59. The van der Waals surface area contributed by atoms with Gasteiger partial charge in [-0.15, -0.1) is 0 Å². The molecule has 0 spiro atoms. The third-order valence-electron chi connectivity index (χ3n) is 0. The summed E-state index contributed by atoms with van der Waals surface area (Å²) in [4.78, 5) is 29.3. The molecule has 0 unspecified atom stereocenters. The van der Waals surface area contributed by atoms with Crippen molar-refractivity contribution < 1.29 is 48.7 Å². The van der Waals surface area contributed by atoms with Gasteiger partial charge in [-0.1, -0.05) is 0 Å². The van der Waals surface area contributed by atoms with Gasteiger partial charge < -0.3 is 19.2 Å². The summed E-state index contributed by atoms with van der Waals surface area (Å²) >= 11 is 0. The van der Waals surface area contributed by atoms with E-state index in [1.54, 1.807) is 0 Å². The maximum Gasteiger partial charge on any atom is 3.00 e. The first-order chi connectivity index (χ1) is 2.00. The maximum atomic E-state index is 7.33. The minimum atomic E-state index is -4.61. The molecule has 0 aromatic rings. The van der Waals surface area contributed by atoms with Crippen molar-refractivity contribution in [3.63, 3.8) is 0 Å². The van der Waals surface area contributed by atoms with E-state index in [0.29, 0.717) is 0 Å². The zero-order valence-corrected chi connectivity index (χ0v) is 8.02. The number of hydrogen-bond acceptors (Lipinski definition) is 4. The monoisotopic (exact) mass is 146 g/mol. The Morgan fingerprint density at radius 2 is 0.857 bits per heavy atom. The summed E-state index contributed by atoms with van der Waals surface area (Å²) in [5.74, 6) is 0. The second kappa shape index (κ2) is 5.72. The molecule has 0 fully saturated rings. The molecule has 4 N–H and O–H groups in total. The van der Waals surface area contributed by atoms with E-state index in [2.05, 4.69) is 0 Å². The second-order valence-electron chi connectivity index (χ2n) is 0.600. The molecule has 0 atom stereocenters. The van der Waals surface area contributed by atoms with E-state index in [1.807, 2.05) is 0 Å². The van der Waals surface area contributed by atoms with Gasteiger partial charge in [0.1, 0.15) is 0 Å². The zero-order chi connectivity index (χ0) is 4.50. The Bertz CT molecular complexity index is 27.2. The van der Waals surface area contributed by atoms with Crippen LogP contribution in [-0.2, 0) is 0 Å². The van der Waals surface area contributed by atoms with Crippen molar-refractivity contribution in [1.29, 1.82) is 0 Å². The molecule has 32 valence electrons. The van der Waals surface area contributed by atoms with E-state index < -0.39 is 9.05 Å². The minimum Gasteiger partial charge on any atom is -0.368 e. The quantitative estimate of drug-likeness (QED) is 0.256. The first-order valence-electron chi connectivity index (χ1n) is 0.894. The minimum absolute atomic E-state index is 0. The van der Waals surface area contributed by atoms with Crippen LogP contribution in [0.3, 0.4) is 0 Å². The summed E-state index contributed by atoms with van der Waals surface area (Å²) in [7, 11) is -4.61. The largest absolute Gasteiger partial charge is 3.00 e. The zero-order valence-electron chi connectivity index (χ0n) is 3.87. The van der Waals surface area contributed by atoms with Gasteiger partial charge in [0.15, 0.2) is 0 Å². The summed E-state index contributed by atoms with van der Waals surface area (Å²) < 4.78 is 0. The molecule has 0 saturated heterocycles. The average molecular weight is 146 g/mol. The molecule has 0 bridgehead atoms. The molecule has 0 aliphatic carbocycles. The summed E-state index contributed by atoms with van der Waals surface area (Å²) in [6.07, 6.45) is 0. The van der Waals surface area contributed by atoms with Crippen molar-refractivity contribution in [3.05, 3.63) is 0 Å². The smallest absolute Gasteiger partial charge is 0.368 e. The van der Waals surface area contributed by atoms with E-state index in [-0.39, 0.29) is 46.9 Å². The van der Waals surface area contributed by atoms with E-state index in [1.165, 1.54) is 0 Å². The average Bonchev–Trinajstić information content (AvgIpc) is 0.722. The van der Waals surface area contributed by atoms with Crippen molar-refractivity contribution >= 4 is 26.4 Å². The van der Waals surface area contributed by atoms with Gasteiger partial charge in [0.2, 0.25) is 0 Å². The van der Waals surface area contributed by atoms with Crippen LogP contribution < -0.4 is 29.6 Å². The topological polar surface area (TPSA) is 80.9 Å². The summed E-state index contributed by atoms with van der Waals surface area (Å²) in [6, 6.07) is 0.